The lowest BCUT2D eigenvalue weighted by Crippen LogP contribution is -1.81. The maximum Gasteiger partial charge on any atom is 0.137 e. The summed E-state index contributed by atoms with van der Waals surface area (Å²) in [4.78, 5) is 11.7. The summed E-state index contributed by atoms with van der Waals surface area (Å²) < 4.78 is 0. The molecule has 4 heteroatoms. The Balaban J connectivity index is 1.97. The summed E-state index contributed by atoms with van der Waals surface area (Å²) in [5.41, 5.74) is 2.98. The molecule has 3 rings (SSSR count). The Labute approximate surface area is 109 Å². The number of hydrogen-bond donors (Lipinski definition) is 1. The number of H-pyrrole nitrogens is 1. The number of rotatable bonds is 2. The smallest absolute Gasteiger partial charge is 0.137 e. The third-order valence-corrected chi connectivity index (χ3v) is 2.92. The quantitative estimate of drug-likeness (QED) is 0.757. The summed E-state index contributed by atoms with van der Waals surface area (Å²) in [6.07, 6.45) is 5.36. The van der Waals surface area contributed by atoms with E-state index in [1.165, 1.54) is 0 Å². The number of benzene rings is 1. The van der Waals surface area contributed by atoms with Crippen LogP contribution in [0.2, 0.25) is 5.02 Å². The van der Waals surface area contributed by atoms with E-state index in [-0.39, 0.29) is 0 Å². The third-order valence-electron chi connectivity index (χ3n) is 2.67. The van der Waals surface area contributed by atoms with Crippen LogP contribution in [0.15, 0.2) is 55.0 Å². The van der Waals surface area contributed by atoms with Gasteiger partial charge in [-0.2, -0.15) is 0 Å². The van der Waals surface area contributed by atoms with E-state index >= 15 is 0 Å². The van der Waals surface area contributed by atoms with Crippen molar-refractivity contribution in [3.05, 3.63) is 60.0 Å². The van der Waals surface area contributed by atoms with Crippen molar-refractivity contribution in [2.45, 2.75) is 0 Å². The molecule has 0 saturated heterocycles. The van der Waals surface area contributed by atoms with E-state index in [4.69, 9.17) is 11.6 Å². The first kappa shape index (κ1) is 11.0. The highest BCUT2D eigenvalue weighted by Gasteiger charge is 2.05. The standard InChI is InChI=1S/C14H10ClN3/c15-12-5-3-10(4-6-12)14-17-9-13(18-14)11-2-1-7-16-8-11/h1-9H,(H,17,18). The van der Waals surface area contributed by atoms with E-state index < -0.39 is 0 Å². The van der Waals surface area contributed by atoms with Gasteiger partial charge in [-0.15, -0.1) is 0 Å². The van der Waals surface area contributed by atoms with Crippen molar-refractivity contribution in [2.24, 2.45) is 0 Å². The van der Waals surface area contributed by atoms with E-state index in [2.05, 4.69) is 15.0 Å². The van der Waals surface area contributed by atoms with Gasteiger partial charge in [0.05, 0.1) is 11.9 Å². The minimum Gasteiger partial charge on any atom is -0.338 e. The Morgan fingerprint density at radius 3 is 2.50 bits per heavy atom. The average molecular weight is 256 g/mol. The van der Waals surface area contributed by atoms with Crippen LogP contribution in [0.1, 0.15) is 0 Å². The molecule has 1 N–H and O–H groups in total. The molecule has 0 amide bonds. The highest BCUT2D eigenvalue weighted by Crippen LogP contribution is 2.22. The number of imidazole rings is 1. The summed E-state index contributed by atoms with van der Waals surface area (Å²) in [7, 11) is 0. The summed E-state index contributed by atoms with van der Waals surface area (Å²) >= 11 is 5.86. The lowest BCUT2D eigenvalue weighted by atomic mass is 10.2. The molecule has 0 saturated carbocycles. The maximum atomic E-state index is 5.86. The molecule has 1 aromatic carbocycles. The van der Waals surface area contributed by atoms with Crippen LogP contribution in [0.5, 0.6) is 0 Å². The van der Waals surface area contributed by atoms with E-state index in [9.17, 15) is 0 Å². The predicted octanol–water partition coefficient (Wildman–Crippen LogP) is 3.79. The van der Waals surface area contributed by atoms with Crippen molar-refractivity contribution >= 4 is 11.6 Å². The van der Waals surface area contributed by atoms with Crippen LogP contribution in [0.25, 0.3) is 22.6 Å². The second-order valence-electron chi connectivity index (χ2n) is 3.89. The van der Waals surface area contributed by atoms with Crippen LogP contribution in [0.3, 0.4) is 0 Å². The lowest BCUT2D eigenvalue weighted by molar-refractivity contribution is 1.29. The van der Waals surface area contributed by atoms with Crippen LogP contribution in [-0.4, -0.2) is 15.0 Å². The van der Waals surface area contributed by atoms with Crippen LogP contribution in [0, 0.1) is 0 Å². The van der Waals surface area contributed by atoms with E-state index in [0.717, 1.165) is 27.7 Å². The van der Waals surface area contributed by atoms with Gasteiger partial charge in [-0.3, -0.25) is 4.98 Å². The second kappa shape index (κ2) is 4.63. The molecule has 0 aliphatic heterocycles. The SMILES string of the molecule is Clc1ccc(-c2ncc(-c3cccnc3)[nH]2)cc1. The molecule has 88 valence electrons. The third kappa shape index (κ3) is 2.13. The lowest BCUT2D eigenvalue weighted by Gasteiger charge is -1.97. The highest BCUT2D eigenvalue weighted by atomic mass is 35.5. The molecular formula is C14H10ClN3. The number of nitrogens with zero attached hydrogens (tertiary/aromatic N) is 2. The van der Waals surface area contributed by atoms with Crippen molar-refractivity contribution in [2.75, 3.05) is 0 Å². The number of nitrogens with one attached hydrogen (secondary N) is 1. The average Bonchev–Trinajstić information content (AvgIpc) is 2.90. The minimum atomic E-state index is 0.720. The van der Waals surface area contributed by atoms with Crippen molar-refractivity contribution < 1.29 is 0 Å². The zero-order valence-electron chi connectivity index (χ0n) is 9.47. The molecule has 0 aliphatic rings. The fourth-order valence-corrected chi connectivity index (χ4v) is 1.87. The Bertz CT molecular complexity index is 644. The van der Waals surface area contributed by atoms with Gasteiger partial charge >= 0.3 is 0 Å². The number of halogens is 1. The molecule has 0 spiro atoms. The number of pyridine rings is 1. The van der Waals surface area contributed by atoms with E-state index in [1.807, 2.05) is 36.4 Å². The van der Waals surface area contributed by atoms with Crippen molar-refractivity contribution in [3.63, 3.8) is 0 Å². The van der Waals surface area contributed by atoms with Gasteiger partial charge in [0, 0.05) is 28.5 Å². The van der Waals surface area contributed by atoms with E-state index in [1.54, 1.807) is 18.6 Å². The normalized spacial score (nSPS) is 10.5. The van der Waals surface area contributed by atoms with Gasteiger partial charge in [-0.1, -0.05) is 11.6 Å². The Morgan fingerprint density at radius 2 is 1.78 bits per heavy atom. The van der Waals surface area contributed by atoms with Crippen LogP contribution in [-0.2, 0) is 0 Å². The van der Waals surface area contributed by atoms with Gasteiger partial charge < -0.3 is 4.98 Å². The summed E-state index contributed by atoms with van der Waals surface area (Å²) in [6.45, 7) is 0. The molecular weight excluding hydrogens is 246 g/mol. The fourth-order valence-electron chi connectivity index (χ4n) is 1.74. The molecule has 2 heterocycles. The molecule has 2 aromatic heterocycles. The zero-order valence-corrected chi connectivity index (χ0v) is 10.2. The molecule has 0 bridgehead atoms. The van der Waals surface area contributed by atoms with E-state index in [0.29, 0.717) is 0 Å². The fraction of sp³-hybridized carbons (Fsp3) is 0. The maximum absolute atomic E-state index is 5.86. The molecule has 3 nitrogen and oxygen atoms in total. The Kier molecular flexibility index (Phi) is 2.82. The van der Waals surface area contributed by atoms with Crippen molar-refractivity contribution in [1.29, 1.82) is 0 Å². The number of hydrogen-bond acceptors (Lipinski definition) is 2. The first-order valence-electron chi connectivity index (χ1n) is 5.54. The Morgan fingerprint density at radius 1 is 0.944 bits per heavy atom. The topological polar surface area (TPSA) is 41.6 Å². The zero-order chi connectivity index (χ0) is 12.4. The molecule has 0 unspecified atom stereocenters. The number of aromatic amines is 1. The Hall–Kier alpha value is -2.13. The van der Waals surface area contributed by atoms with Crippen LogP contribution < -0.4 is 0 Å². The molecule has 0 radical (unpaired) electrons. The van der Waals surface area contributed by atoms with Crippen molar-refractivity contribution in [3.8, 4) is 22.6 Å². The van der Waals surface area contributed by atoms with Gasteiger partial charge in [-0.25, -0.2) is 4.98 Å². The minimum absolute atomic E-state index is 0.720. The van der Waals surface area contributed by atoms with Crippen LogP contribution >= 0.6 is 11.6 Å². The molecule has 18 heavy (non-hydrogen) atoms. The van der Waals surface area contributed by atoms with Crippen molar-refractivity contribution in [1.82, 2.24) is 15.0 Å². The highest BCUT2D eigenvalue weighted by molar-refractivity contribution is 6.30. The van der Waals surface area contributed by atoms with Gasteiger partial charge in [0.2, 0.25) is 0 Å². The largest absolute Gasteiger partial charge is 0.338 e. The second-order valence-corrected chi connectivity index (χ2v) is 4.33. The first-order valence-corrected chi connectivity index (χ1v) is 5.92. The molecule has 0 atom stereocenters. The first-order chi connectivity index (χ1) is 8.83. The van der Waals surface area contributed by atoms with Crippen LogP contribution in [0.4, 0.5) is 0 Å². The van der Waals surface area contributed by atoms with Gasteiger partial charge in [0.25, 0.3) is 0 Å². The summed E-state index contributed by atoms with van der Waals surface area (Å²) in [5, 5.41) is 0.720. The van der Waals surface area contributed by atoms with Gasteiger partial charge in [-0.05, 0) is 36.4 Å². The predicted molar refractivity (Wildman–Crippen MR) is 72.3 cm³/mol. The van der Waals surface area contributed by atoms with Gasteiger partial charge in [0.15, 0.2) is 0 Å². The monoisotopic (exact) mass is 255 g/mol. The summed E-state index contributed by atoms with van der Waals surface area (Å²) in [6, 6.07) is 11.5. The molecule has 3 aromatic rings. The molecule has 0 aliphatic carbocycles. The van der Waals surface area contributed by atoms with Gasteiger partial charge in [0.1, 0.15) is 5.82 Å². The molecule has 0 fully saturated rings. The number of aromatic nitrogens is 3. The summed E-state index contributed by atoms with van der Waals surface area (Å²) in [5.74, 6) is 0.825.